The highest BCUT2D eigenvalue weighted by atomic mass is 35.5. The van der Waals surface area contributed by atoms with Crippen LogP contribution in [0.4, 0.5) is 11.4 Å². The molecule has 0 atom stereocenters. The molecular formula is C21H20ClN5O4S. The smallest absolute Gasteiger partial charge is 0.294 e. The number of hydrogen-bond donors (Lipinski definition) is 0. The Morgan fingerprint density at radius 1 is 1.22 bits per heavy atom. The summed E-state index contributed by atoms with van der Waals surface area (Å²) in [5, 5.41) is 15.6. The maximum atomic E-state index is 13.2. The van der Waals surface area contributed by atoms with Gasteiger partial charge in [-0.1, -0.05) is 28.9 Å². The van der Waals surface area contributed by atoms with Gasteiger partial charge in [-0.25, -0.2) is 0 Å². The van der Waals surface area contributed by atoms with E-state index in [1.54, 1.807) is 24.0 Å². The third kappa shape index (κ3) is 4.86. The van der Waals surface area contributed by atoms with Crippen molar-refractivity contribution in [1.29, 1.82) is 0 Å². The minimum Gasteiger partial charge on any atom is -0.362 e. The minimum absolute atomic E-state index is 0.0317. The Morgan fingerprint density at radius 3 is 2.66 bits per heavy atom. The van der Waals surface area contributed by atoms with Crippen LogP contribution in [0.1, 0.15) is 22.1 Å². The average molecular weight is 474 g/mol. The van der Waals surface area contributed by atoms with E-state index in [9.17, 15) is 14.9 Å². The molecule has 1 aromatic heterocycles. The van der Waals surface area contributed by atoms with Crippen molar-refractivity contribution in [3.05, 3.63) is 74.9 Å². The maximum Gasteiger partial charge on any atom is 0.294 e. The number of aryl methyl sites for hydroxylation is 1. The van der Waals surface area contributed by atoms with Gasteiger partial charge in [0, 0.05) is 49.1 Å². The van der Waals surface area contributed by atoms with Crippen LogP contribution in [0.3, 0.4) is 0 Å². The zero-order valence-electron chi connectivity index (χ0n) is 17.2. The van der Waals surface area contributed by atoms with Crippen molar-refractivity contribution in [3.63, 3.8) is 0 Å². The van der Waals surface area contributed by atoms with Crippen LogP contribution in [0.2, 0.25) is 5.02 Å². The molecule has 32 heavy (non-hydrogen) atoms. The lowest BCUT2D eigenvalue weighted by Crippen LogP contribution is -2.49. The lowest BCUT2D eigenvalue weighted by Gasteiger charge is -2.36. The monoisotopic (exact) mass is 473 g/mol. The number of nitro benzene ring substituents is 1. The first-order valence-corrected chi connectivity index (χ1v) is 11.3. The predicted octanol–water partition coefficient (Wildman–Crippen LogP) is 4.19. The van der Waals surface area contributed by atoms with Gasteiger partial charge in [0.2, 0.25) is 5.89 Å². The van der Waals surface area contributed by atoms with E-state index in [-0.39, 0.29) is 11.6 Å². The molecule has 2 aromatic carbocycles. The fourth-order valence-corrected chi connectivity index (χ4v) is 4.60. The number of carbonyl (C=O) groups excluding carboxylic acids is 1. The summed E-state index contributed by atoms with van der Waals surface area (Å²) in [6.45, 7) is 3.64. The molecule has 1 aliphatic heterocycles. The zero-order valence-corrected chi connectivity index (χ0v) is 18.8. The Morgan fingerprint density at radius 2 is 1.97 bits per heavy atom. The van der Waals surface area contributed by atoms with Crippen molar-refractivity contribution in [2.45, 2.75) is 17.6 Å². The van der Waals surface area contributed by atoms with Crippen LogP contribution in [-0.2, 0) is 5.75 Å². The summed E-state index contributed by atoms with van der Waals surface area (Å²) in [6, 6.07) is 12.1. The molecular weight excluding hydrogens is 454 g/mol. The minimum atomic E-state index is -0.433. The number of aromatic nitrogens is 2. The lowest BCUT2D eigenvalue weighted by atomic mass is 10.1. The van der Waals surface area contributed by atoms with Crippen molar-refractivity contribution in [2.75, 3.05) is 31.1 Å². The molecule has 0 N–H and O–H groups in total. The second-order valence-corrected chi connectivity index (χ2v) is 8.64. The van der Waals surface area contributed by atoms with Gasteiger partial charge < -0.3 is 14.3 Å². The summed E-state index contributed by atoms with van der Waals surface area (Å²) in [4.78, 5) is 32.9. The third-order valence-electron chi connectivity index (χ3n) is 5.09. The van der Waals surface area contributed by atoms with Crippen molar-refractivity contribution in [3.8, 4) is 0 Å². The molecule has 1 amide bonds. The second kappa shape index (κ2) is 9.58. The quantitative estimate of drug-likeness (QED) is 0.298. The number of nitro groups is 1. The first-order valence-electron chi connectivity index (χ1n) is 9.91. The van der Waals surface area contributed by atoms with Gasteiger partial charge in [-0.2, -0.15) is 4.98 Å². The number of piperazine rings is 1. The molecule has 0 aliphatic carbocycles. The topological polar surface area (TPSA) is 106 Å². The van der Waals surface area contributed by atoms with E-state index in [1.807, 2.05) is 29.2 Å². The number of carbonyl (C=O) groups is 1. The normalized spacial score (nSPS) is 13.9. The molecule has 0 spiro atoms. The molecule has 1 saturated heterocycles. The van der Waals surface area contributed by atoms with E-state index in [1.165, 1.54) is 17.8 Å². The SMILES string of the molecule is Cc1nc(CSc2ccccc2C(=O)N2CCN(c3ccc(Cl)cc3[N+](=O)[O-])CC2)no1. The van der Waals surface area contributed by atoms with Gasteiger partial charge >= 0.3 is 0 Å². The zero-order chi connectivity index (χ0) is 22.7. The molecule has 1 fully saturated rings. The van der Waals surface area contributed by atoms with E-state index in [2.05, 4.69) is 10.1 Å². The van der Waals surface area contributed by atoms with Crippen LogP contribution in [0.5, 0.6) is 0 Å². The molecule has 166 valence electrons. The van der Waals surface area contributed by atoms with Gasteiger partial charge in [0.15, 0.2) is 5.82 Å². The Kier molecular flexibility index (Phi) is 6.61. The highest BCUT2D eigenvalue weighted by molar-refractivity contribution is 7.98. The lowest BCUT2D eigenvalue weighted by molar-refractivity contribution is -0.384. The van der Waals surface area contributed by atoms with E-state index >= 15 is 0 Å². The highest BCUT2D eigenvalue weighted by Crippen LogP contribution is 2.32. The van der Waals surface area contributed by atoms with Crippen LogP contribution < -0.4 is 4.90 Å². The molecule has 11 heteroatoms. The summed E-state index contributed by atoms with van der Waals surface area (Å²) < 4.78 is 5.00. The number of hydrogen-bond acceptors (Lipinski definition) is 8. The Labute approximate surface area is 193 Å². The Bertz CT molecular complexity index is 1150. The standard InChI is InChI=1S/C21H20ClN5O4S/c1-14-23-20(24-31-14)13-32-19-5-3-2-4-16(19)21(28)26-10-8-25(9-11-26)17-7-6-15(22)12-18(17)27(29)30/h2-7,12H,8-11,13H2,1H3. The first kappa shape index (κ1) is 22.1. The molecule has 4 rings (SSSR count). The van der Waals surface area contributed by atoms with E-state index in [4.69, 9.17) is 16.1 Å². The molecule has 0 saturated carbocycles. The number of anilines is 1. The van der Waals surface area contributed by atoms with Gasteiger partial charge in [-0.3, -0.25) is 14.9 Å². The molecule has 9 nitrogen and oxygen atoms in total. The molecule has 0 radical (unpaired) electrons. The summed E-state index contributed by atoms with van der Waals surface area (Å²) in [7, 11) is 0. The van der Waals surface area contributed by atoms with Gasteiger partial charge in [0.25, 0.3) is 11.6 Å². The Balaban J connectivity index is 1.44. The number of rotatable bonds is 6. The van der Waals surface area contributed by atoms with Gasteiger partial charge in [0.1, 0.15) is 5.69 Å². The van der Waals surface area contributed by atoms with Crippen molar-refractivity contribution in [2.24, 2.45) is 0 Å². The predicted molar refractivity (Wildman–Crippen MR) is 121 cm³/mol. The summed E-state index contributed by atoms with van der Waals surface area (Å²) in [5.74, 6) is 1.51. The fourth-order valence-electron chi connectivity index (χ4n) is 3.54. The maximum absolute atomic E-state index is 13.2. The molecule has 2 heterocycles. The van der Waals surface area contributed by atoms with Crippen molar-refractivity contribution < 1.29 is 14.2 Å². The van der Waals surface area contributed by atoms with E-state index in [0.29, 0.717) is 59.9 Å². The fraction of sp³-hybridized carbons (Fsp3) is 0.286. The molecule has 3 aromatic rings. The number of nitrogens with zero attached hydrogens (tertiary/aromatic N) is 5. The van der Waals surface area contributed by atoms with Gasteiger partial charge in [-0.05, 0) is 24.3 Å². The number of benzene rings is 2. The molecule has 1 aliphatic rings. The van der Waals surface area contributed by atoms with Crippen LogP contribution in [0.25, 0.3) is 0 Å². The Hall–Kier alpha value is -3.11. The van der Waals surface area contributed by atoms with Crippen LogP contribution >= 0.6 is 23.4 Å². The summed E-state index contributed by atoms with van der Waals surface area (Å²) >= 11 is 7.40. The number of thioether (sulfide) groups is 1. The van der Waals surface area contributed by atoms with Gasteiger partial charge in [-0.15, -0.1) is 11.8 Å². The molecule has 0 unspecified atom stereocenters. The van der Waals surface area contributed by atoms with E-state index in [0.717, 1.165) is 4.90 Å². The third-order valence-corrected chi connectivity index (χ3v) is 6.39. The largest absolute Gasteiger partial charge is 0.362 e. The summed E-state index contributed by atoms with van der Waals surface area (Å²) in [5.41, 5.74) is 1.09. The number of amides is 1. The average Bonchev–Trinajstić information content (AvgIpc) is 3.22. The summed E-state index contributed by atoms with van der Waals surface area (Å²) in [6.07, 6.45) is 0. The van der Waals surface area contributed by atoms with Crippen molar-refractivity contribution >= 4 is 40.6 Å². The van der Waals surface area contributed by atoms with E-state index < -0.39 is 4.92 Å². The number of halogens is 1. The van der Waals surface area contributed by atoms with Crippen LogP contribution in [-0.4, -0.2) is 52.1 Å². The molecule has 0 bridgehead atoms. The second-order valence-electron chi connectivity index (χ2n) is 7.18. The van der Waals surface area contributed by atoms with Crippen LogP contribution in [0, 0.1) is 17.0 Å². The first-order chi connectivity index (χ1) is 15.4. The van der Waals surface area contributed by atoms with Crippen LogP contribution in [0.15, 0.2) is 51.9 Å². The van der Waals surface area contributed by atoms with Crippen molar-refractivity contribution in [1.82, 2.24) is 15.0 Å². The highest BCUT2D eigenvalue weighted by Gasteiger charge is 2.27. The van der Waals surface area contributed by atoms with Gasteiger partial charge in [0.05, 0.1) is 16.2 Å².